The third kappa shape index (κ3) is 16.0. The zero-order valence-corrected chi connectivity index (χ0v) is 13.2. The Bertz CT molecular complexity index is 163. The molecule has 1 heteroatoms. The topological polar surface area (TPSA) is 0 Å². The SMILES string of the molecule is CCCCCCCCCCCCCCC/C=C\Cl. The molecule has 0 rings (SSSR count). The second-order valence-corrected chi connectivity index (χ2v) is 5.64. The Kier molecular flexibility index (Phi) is 17.1. The Morgan fingerprint density at radius 3 is 1.39 bits per heavy atom. The highest BCUT2D eigenvalue weighted by Crippen LogP contribution is 2.12. The van der Waals surface area contributed by atoms with Gasteiger partial charge < -0.3 is 0 Å². The predicted octanol–water partition coefficient (Wildman–Crippen LogP) is 7.22. The van der Waals surface area contributed by atoms with Crippen LogP contribution in [0.1, 0.15) is 96.8 Å². The van der Waals surface area contributed by atoms with E-state index in [-0.39, 0.29) is 0 Å². The lowest BCUT2D eigenvalue weighted by molar-refractivity contribution is 0.540. The summed E-state index contributed by atoms with van der Waals surface area (Å²) in [4.78, 5) is 0. The Labute approximate surface area is 120 Å². The lowest BCUT2D eigenvalue weighted by Gasteiger charge is -2.02. The van der Waals surface area contributed by atoms with Crippen molar-refractivity contribution < 1.29 is 0 Å². The highest BCUT2D eigenvalue weighted by Gasteiger charge is 1.93. The van der Waals surface area contributed by atoms with Gasteiger partial charge in [-0.1, -0.05) is 102 Å². The molecule has 0 heterocycles. The smallest absolute Gasteiger partial charge is 0.000245 e. The zero-order chi connectivity index (χ0) is 13.3. The summed E-state index contributed by atoms with van der Waals surface area (Å²) in [6.07, 6.45) is 21.7. The molecule has 0 aliphatic rings. The zero-order valence-electron chi connectivity index (χ0n) is 12.4. The van der Waals surface area contributed by atoms with Gasteiger partial charge in [0.25, 0.3) is 0 Å². The van der Waals surface area contributed by atoms with Crippen LogP contribution in [-0.2, 0) is 0 Å². The molecule has 0 saturated carbocycles. The summed E-state index contributed by atoms with van der Waals surface area (Å²) in [5, 5.41) is 0. The predicted molar refractivity (Wildman–Crippen MR) is 85.3 cm³/mol. The Morgan fingerprint density at radius 1 is 0.611 bits per heavy atom. The maximum Gasteiger partial charge on any atom is 0.000245 e. The van der Waals surface area contributed by atoms with E-state index in [2.05, 4.69) is 13.0 Å². The van der Waals surface area contributed by atoms with Crippen LogP contribution in [0, 0.1) is 0 Å². The molecule has 0 amide bonds. The first-order chi connectivity index (χ1) is 8.91. The van der Waals surface area contributed by atoms with E-state index in [1.54, 1.807) is 5.54 Å². The standard InChI is InChI=1S/C17H33Cl/c1-2-3-4-5-6-7-8-9-10-11-12-13-14-15-16-17-18/h16-17H,2-15H2,1H3/b17-16-. The van der Waals surface area contributed by atoms with Crippen molar-refractivity contribution in [3.8, 4) is 0 Å². The molecular weight excluding hydrogens is 240 g/mol. The minimum atomic E-state index is 1.15. The summed E-state index contributed by atoms with van der Waals surface area (Å²) in [7, 11) is 0. The Hall–Kier alpha value is 0.0300. The quantitative estimate of drug-likeness (QED) is 0.293. The third-order valence-electron chi connectivity index (χ3n) is 3.56. The van der Waals surface area contributed by atoms with Gasteiger partial charge in [-0.15, -0.1) is 0 Å². The molecule has 0 saturated heterocycles. The fraction of sp³-hybridized carbons (Fsp3) is 0.882. The fourth-order valence-corrected chi connectivity index (χ4v) is 2.47. The van der Waals surface area contributed by atoms with Crippen molar-refractivity contribution in [3.05, 3.63) is 11.6 Å². The Balaban J connectivity index is 2.90. The van der Waals surface area contributed by atoms with Gasteiger partial charge in [0.05, 0.1) is 0 Å². The highest BCUT2D eigenvalue weighted by molar-refractivity contribution is 6.25. The molecule has 0 nitrogen and oxygen atoms in total. The van der Waals surface area contributed by atoms with Gasteiger partial charge in [0.15, 0.2) is 0 Å². The average Bonchev–Trinajstić information content (AvgIpc) is 2.39. The lowest BCUT2D eigenvalue weighted by Crippen LogP contribution is -1.82. The summed E-state index contributed by atoms with van der Waals surface area (Å²) >= 11 is 5.47. The Morgan fingerprint density at radius 2 is 1.00 bits per heavy atom. The van der Waals surface area contributed by atoms with E-state index in [1.807, 2.05) is 0 Å². The molecule has 0 spiro atoms. The van der Waals surface area contributed by atoms with Crippen molar-refractivity contribution in [1.82, 2.24) is 0 Å². The molecule has 108 valence electrons. The number of rotatable bonds is 14. The molecule has 0 unspecified atom stereocenters. The molecule has 0 bridgehead atoms. The highest BCUT2D eigenvalue weighted by atomic mass is 35.5. The van der Waals surface area contributed by atoms with E-state index in [1.165, 1.54) is 83.5 Å². The summed E-state index contributed by atoms with van der Waals surface area (Å²) in [5.74, 6) is 0. The van der Waals surface area contributed by atoms with Gasteiger partial charge >= 0.3 is 0 Å². The summed E-state index contributed by atoms with van der Waals surface area (Å²) in [6, 6.07) is 0. The van der Waals surface area contributed by atoms with Gasteiger partial charge in [-0.2, -0.15) is 0 Å². The molecule has 0 aromatic heterocycles. The summed E-state index contributed by atoms with van der Waals surface area (Å²) < 4.78 is 0. The lowest BCUT2D eigenvalue weighted by atomic mass is 10.0. The summed E-state index contributed by atoms with van der Waals surface area (Å²) in [5.41, 5.74) is 1.64. The maximum absolute atomic E-state index is 5.47. The largest absolute Gasteiger partial charge is 0.0933 e. The maximum atomic E-state index is 5.47. The molecule has 0 aromatic rings. The van der Waals surface area contributed by atoms with Gasteiger partial charge in [0.2, 0.25) is 0 Å². The van der Waals surface area contributed by atoms with Crippen LogP contribution in [0.4, 0.5) is 0 Å². The van der Waals surface area contributed by atoms with Crippen LogP contribution in [0.15, 0.2) is 11.6 Å². The minimum Gasteiger partial charge on any atom is -0.0933 e. The molecule has 0 aliphatic heterocycles. The van der Waals surface area contributed by atoms with Crippen LogP contribution in [0.3, 0.4) is 0 Å². The van der Waals surface area contributed by atoms with Crippen molar-refractivity contribution in [2.75, 3.05) is 0 Å². The number of hydrogen-bond acceptors (Lipinski definition) is 0. The summed E-state index contributed by atoms with van der Waals surface area (Å²) in [6.45, 7) is 2.28. The van der Waals surface area contributed by atoms with Crippen LogP contribution < -0.4 is 0 Å². The van der Waals surface area contributed by atoms with E-state index < -0.39 is 0 Å². The number of halogens is 1. The van der Waals surface area contributed by atoms with Gasteiger partial charge in [0, 0.05) is 5.54 Å². The molecule has 0 radical (unpaired) electrons. The van der Waals surface area contributed by atoms with Crippen molar-refractivity contribution in [2.45, 2.75) is 96.8 Å². The van der Waals surface area contributed by atoms with Crippen molar-refractivity contribution in [1.29, 1.82) is 0 Å². The van der Waals surface area contributed by atoms with Crippen LogP contribution in [0.5, 0.6) is 0 Å². The second kappa shape index (κ2) is 17.0. The van der Waals surface area contributed by atoms with E-state index in [0.29, 0.717) is 0 Å². The second-order valence-electron chi connectivity index (χ2n) is 5.39. The van der Waals surface area contributed by atoms with Gasteiger partial charge in [0.1, 0.15) is 0 Å². The van der Waals surface area contributed by atoms with Crippen molar-refractivity contribution in [3.63, 3.8) is 0 Å². The first-order valence-corrected chi connectivity index (χ1v) is 8.60. The average molecular weight is 273 g/mol. The molecule has 0 aromatic carbocycles. The first-order valence-electron chi connectivity index (χ1n) is 8.17. The number of unbranched alkanes of at least 4 members (excludes halogenated alkanes) is 13. The van der Waals surface area contributed by atoms with Gasteiger partial charge in [-0.3, -0.25) is 0 Å². The van der Waals surface area contributed by atoms with Crippen LogP contribution >= 0.6 is 11.6 Å². The third-order valence-corrected chi connectivity index (χ3v) is 3.74. The fourth-order valence-electron chi connectivity index (χ4n) is 2.34. The molecule has 0 aliphatic carbocycles. The number of hydrogen-bond donors (Lipinski definition) is 0. The first kappa shape index (κ1) is 18.0. The van der Waals surface area contributed by atoms with E-state index >= 15 is 0 Å². The molecule has 0 fully saturated rings. The van der Waals surface area contributed by atoms with Crippen molar-refractivity contribution in [2.24, 2.45) is 0 Å². The van der Waals surface area contributed by atoms with Crippen LogP contribution in [0.2, 0.25) is 0 Å². The van der Waals surface area contributed by atoms with Crippen molar-refractivity contribution >= 4 is 11.6 Å². The van der Waals surface area contributed by atoms with E-state index in [4.69, 9.17) is 11.6 Å². The van der Waals surface area contributed by atoms with Gasteiger partial charge in [-0.05, 0) is 12.8 Å². The monoisotopic (exact) mass is 272 g/mol. The van der Waals surface area contributed by atoms with E-state index in [9.17, 15) is 0 Å². The van der Waals surface area contributed by atoms with Crippen LogP contribution in [-0.4, -0.2) is 0 Å². The molecule has 0 atom stereocenters. The number of allylic oxidation sites excluding steroid dienone is 1. The molecule has 0 N–H and O–H groups in total. The normalized spacial score (nSPS) is 11.4. The van der Waals surface area contributed by atoms with Gasteiger partial charge in [-0.25, -0.2) is 0 Å². The van der Waals surface area contributed by atoms with E-state index in [0.717, 1.165) is 6.42 Å². The minimum absolute atomic E-state index is 1.15. The molecular formula is C17H33Cl. The molecule has 18 heavy (non-hydrogen) atoms. The van der Waals surface area contributed by atoms with Crippen LogP contribution in [0.25, 0.3) is 0 Å².